The number of allylic oxidation sites excluding steroid dienone is 4. The minimum Gasteiger partial charge on any atom is -0.462 e. The molecule has 3 N–H and O–H groups in total. The first kappa shape index (κ1) is 57.4. The number of carbonyl (C=O) groups excluding carboxylic acids is 2. The van der Waals surface area contributed by atoms with Crippen molar-refractivity contribution in [3.8, 4) is 0 Å². The lowest BCUT2D eigenvalue weighted by Crippen LogP contribution is -2.29. The molecule has 0 spiro atoms. The summed E-state index contributed by atoms with van der Waals surface area (Å²) in [6.07, 6.45) is 46.0. The zero-order chi connectivity index (χ0) is 43.3. The monoisotopic (exact) mass is 859 g/mol. The second-order valence-corrected chi connectivity index (χ2v) is 17.9. The van der Waals surface area contributed by atoms with E-state index >= 15 is 0 Å². The highest BCUT2D eigenvalue weighted by Gasteiger charge is 2.27. The topological polar surface area (TPSA) is 149 Å². The highest BCUT2D eigenvalue weighted by Crippen LogP contribution is 2.43. The summed E-state index contributed by atoms with van der Waals surface area (Å²) in [5, 5.41) is 18.4. The van der Waals surface area contributed by atoms with Gasteiger partial charge in [0.15, 0.2) is 6.10 Å². The van der Waals surface area contributed by atoms with Gasteiger partial charge in [0.25, 0.3) is 0 Å². The molecule has 0 aromatic carbocycles. The molecule has 0 aliphatic carbocycles. The van der Waals surface area contributed by atoms with Crippen molar-refractivity contribution in [1.29, 1.82) is 0 Å². The SMILES string of the molecule is CCCCCCCC/C=C/CCCCCC(=O)OC[C@H](COP(=O)(O)OC[C@@H](O)CO)OC(=O)CCC/C=C/CCCCCCCCCCCCCCCCCCCC. The van der Waals surface area contributed by atoms with Gasteiger partial charge < -0.3 is 24.6 Å². The Labute approximate surface area is 361 Å². The van der Waals surface area contributed by atoms with E-state index in [1.54, 1.807) is 0 Å². The lowest BCUT2D eigenvalue weighted by atomic mass is 10.0. The molecule has 0 aliphatic rings. The Morgan fingerprint density at radius 3 is 1.27 bits per heavy atom. The van der Waals surface area contributed by atoms with Crippen LogP contribution in [0, 0.1) is 0 Å². The Bertz CT molecular complexity index is 1040. The first-order valence-electron chi connectivity index (χ1n) is 24.3. The first-order chi connectivity index (χ1) is 28.7. The summed E-state index contributed by atoms with van der Waals surface area (Å²) < 4.78 is 32.7. The minimum atomic E-state index is -4.63. The summed E-state index contributed by atoms with van der Waals surface area (Å²) in [5.41, 5.74) is 0. The van der Waals surface area contributed by atoms with Crippen LogP contribution in [0.15, 0.2) is 24.3 Å². The van der Waals surface area contributed by atoms with Crippen molar-refractivity contribution in [2.45, 2.75) is 244 Å². The molecular formula is C48H91O10P. The molecule has 348 valence electrons. The van der Waals surface area contributed by atoms with Crippen LogP contribution < -0.4 is 0 Å². The number of phosphoric acid groups is 1. The highest BCUT2D eigenvalue weighted by atomic mass is 31.2. The van der Waals surface area contributed by atoms with Gasteiger partial charge in [-0.3, -0.25) is 18.6 Å². The van der Waals surface area contributed by atoms with E-state index < -0.39 is 51.8 Å². The molecule has 0 fully saturated rings. The van der Waals surface area contributed by atoms with E-state index in [1.165, 1.54) is 154 Å². The fraction of sp³-hybridized carbons (Fsp3) is 0.875. The molecule has 0 bridgehead atoms. The Morgan fingerprint density at radius 2 is 0.847 bits per heavy atom. The lowest BCUT2D eigenvalue weighted by molar-refractivity contribution is -0.161. The van der Waals surface area contributed by atoms with Crippen LogP contribution in [0.1, 0.15) is 232 Å². The average molecular weight is 859 g/mol. The molecule has 10 nitrogen and oxygen atoms in total. The van der Waals surface area contributed by atoms with Gasteiger partial charge in [0.1, 0.15) is 12.7 Å². The van der Waals surface area contributed by atoms with Gasteiger partial charge in [0.2, 0.25) is 0 Å². The lowest BCUT2D eigenvalue weighted by Gasteiger charge is -2.20. The molecule has 0 aromatic heterocycles. The molecule has 0 rings (SSSR count). The van der Waals surface area contributed by atoms with Crippen molar-refractivity contribution < 1.29 is 47.8 Å². The van der Waals surface area contributed by atoms with Crippen molar-refractivity contribution in [2.75, 3.05) is 26.4 Å². The Balaban J connectivity index is 4.19. The van der Waals surface area contributed by atoms with Crippen LogP contribution in [0.5, 0.6) is 0 Å². The van der Waals surface area contributed by atoms with Crippen molar-refractivity contribution in [1.82, 2.24) is 0 Å². The van der Waals surface area contributed by atoms with Gasteiger partial charge in [-0.1, -0.05) is 186 Å². The number of phosphoric ester groups is 1. The molecule has 0 saturated heterocycles. The second-order valence-electron chi connectivity index (χ2n) is 16.5. The summed E-state index contributed by atoms with van der Waals surface area (Å²) in [4.78, 5) is 35.0. The number of esters is 2. The van der Waals surface area contributed by atoms with Crippen LogP contribution in [-0.4, -0.2) is 65.7 Å². The van der Waals surface area contributed by atoms with Crippen LogP contribution in [0.2, 0.25) is 0 Å². The van der Waals surface area contributed by atoms with E-state index in [9.17, 15) is 24.2 Å². The van der Waals surface area contributed by atoms with Crippen molar-refractivity contribution in [2.24, 2.45) is 0 Å². The Morgan fingerprint density at radius 1 is 0.492 bits per heavy atom. The Hall–Kier alpha value is -1.55. The first-order valence-corrected chi connectivity index (χ1v) is 25.8. The van der Waals surface area contributed by atoms with Crippen LogP contribution in [-0.2, 0) is 32.7 Å². The van der Waals surface area contributed by atoms with Crippen LogP contribution >= 0.6 is 7.82 Å². The zero-order valence-corrected chi connectivity index (χ0v) is 38.9. The predicted molar refractivity (Wildman–Crippen MR) is 242 cm³/mol. The van der Waals surface area contributed by atoms with Crippen LogP contribution in [0.25, 0.3) is 0 Å². The molecule has 0 aliphatic heterocycles. The van der Waals surface area contributed by atoms with E-state index in [1.807, 2.05) is 0 Å². The smallest absolute Gasteiger partial charge is 0.462 e. The largest absolute Gasteiger partial charge is 0.472 e. The second kappa shape index (κ2) is 44.5. The number of hydrogen-bond donors (Lipinski definition) is 3. The maximum absolute atomic E-state index is 12.6. The summed E-state index contributed by atoms with van der Waals surface area (Å²) >= 11 is 0. The van der Waals surface area contributed by atoms with E-state index in [0.717, 1.165) is 38.5 Å². The van der Waals surface area contributed by atoms with E-state index in [-0.39, 0.29) is 19.4 Å². The number of hydrogen-bond acceptors (Lipinski definition) is 9. The standard InChI is InChI=1S/C48H91O10P/c1-3-5-7-9-11-13-15-17-18-19-20-21-22-23-24-25-26-28-30-32-34-36-38-40-48(52)58-46(44-57-59(53,54)56-42-45(50)41-49)43-55-47(51)39-37-35-33-31-29-27-16-14-12-10-8-6-4-2/h27,29,32,34,45-46,49-50H,3-26,28,30-31,33,35-44H2,1-2H3,(H,53,54)/b29-27+,34-32+/t45-,46+/m0/s1. The fourth-order valence-electron chi connectivity index (χ4n) is 6.82. The number of ether oxygens (including phenoxy) is 2. The fourth-order valence-corrected chi connectivity index (χ4v) is 7.61. The number of unbranched alkanes of at least 4 members (excludes halogenated alkanes) is 28. The quantitative estimate of drug-likeness (QED) is 0.0234. The third kappa shape index (κ3) is 44.3. The van der Waals surface area contributed by atoms with E-state index in [2.05, 4.69) is 38.2 Å². The Kier molecular flexibility index (Phi) is 43.3. The van der Waals surface area contributed by atoms with Gasteiger partial charge in [-0.15, -0.1) is 0 Å². The zero-order valence-electron chi connectivity index (χ0n) is 38.0. The molecule has 1 unspecified atom stereocenters. The third-order valence-electron chi connectivity index (χ3n) is 10.6. The molecule has 3 atom stereocenters. The maximum Gasteiger partial charge on any atom is 0.472 e. The molecule has 11 heteroatoms. The molecule has 0 amide bonds. The number of rotatable bonds is 46. The normalized spacial score (nSPS) is 13.9. The molecule has 0 saturated carbocycles. The molecule has 0 radical (unpaired) electrons. The summed E-state index contributed by atoms with van der Waals surface area (Å²) in [5.74, 6) is -0.973. The van der Waals surface area contributed by atoms with Gasteiger partial charge in [-0.25, -0.2) is 4.57 Å². The molecular weight excluding hydrogens is 767 g/mol. The minimum absolute atomic E-state index is 0.136. The number of aliphatic hydroxyl groups is 2. The van der Waals surface area contributed by atoms with Gasteiger partial charge >= 0.3 is 19.8 Å². The molecule has 0 aromatic rings. The summed E-state index contributed by atoms with van der Waals surface area (Å²) in [6, 6.07) is 0. The van der Waals surface area contributed by atoms with Gasteiger partial charge in [0, 0.05) is 12.8 Å². The number of carbonyl (C=O) groups is 2. The van der Waals surface area contributed by atoms with Crippen molar-refractivity contribution >= 4 is 19.8 Å². The van der Waals surface area contributed by atoms with Crippen molar-refractivity contribution in [3.05, 3.63) is 24.3 Å². The summed E-state index contributed by atoms with van der Waals surface area (Å²) in [6.45, 7) is 2.36. The van der Waals surface area contributed by atoms with Gasteiger partial charge in [-0.05, 0) is 57.8 Å². The molecule has 59 heavy (non-hydrogen) atoms. The molecule has 0 heterocycles. The van der Waals surface area contributed by atoms with Crippen molar-refractivity contribution in [3.63, 3.8) is 0 Å². The summed E-state index contributed by atoms with van der Waals surface area (Å²) in [7, 11) is -4.63. The van der Waals surface area contributed by atoms with E-state index in [0.29, 0.717) is 12.8 Å². The number of aliphatic hydroxyl groups excluding tert-OH is 2. The van der Waals surface area contributed by atoms with Gasteiger partial charge in [0.05, 0.1) is 19.8 Å². The third-order valence-corrected chi connectivity index (χ3v) is 11.5. The maximum atomic E-state index is 12.6. The predicted octanol–water partition coefficient (Wildman–Crippen LogP) is 13.3. The van der Waals surface area contributed by atoms with Crippen LogP contribution in [0.3, 0.4) is 0 Å². The van der Waals surface area contributed by atoms with Crippen LogP contribution in [0.4, 0.5) is 0 Å². The highest BCUT2D eigenvalue weighted by molar-refractivity contribution is 7.47. The van der Waals surface area contributed by atoms with E-state index in [4.69, 9.17) is 23.6 Å². The average Bonchev–Trinajstić information content (AvgIpc) is 3.22. The van der Waals surface area contributed by atoms with Gasteiger partial charge in [-0.2, -0.15) is 0 Å².